The van der Waals surface area contributed by atoms with Gasteiger partial charge in [-0.3, -0.25) is 19.2 Å². The molecule has 0 bridgehead atoms. The maximum Gasteiger partial charge on any atom is 0.251 e. The van der Waals surface area contributed by atoms with Gasteiger partial charge in [0.2, 0.25) is 11.8 Å². The van der Waals surface area contributed by atoms with Gasteiger partial charge in [0.1, 0.15) is 54.6 Å². The molecule has 0 unspecified atom stereocenters. The topological polar surface area (TPSA) is 180 Å². The van der Waals surface area contributed by atoms with Crippen LogP contribution in [0.1, 0.15) is 88.5 Å². The summed E-state index contributed by atoms with van der Waals surface area (Å²) in [6, 6.07) is 20.6. The number of nitrogens with one attached hydrogen (secondary N) is 2. The van der Waals surface area contributed by atoms with Gasteiger partial charge in [-0.2, -0.15) is 5.26 Å². The van der Waals surface area contributed by atoms with Gasteiger partial charge in [0.15, 0.2) is 5.78 Å². The van der Waals surface area contributed by atoms with E-state index in [1.807, 2.05) is 65.0 Å². The van der Waals surface area contributed by atoms with Crippen LogP contribution in [0.25, 0.3) is 21.6 Å². The number of Topliss-reactive ketones (excluding diaryl/α,β-unsaturated/α-hetero) is 1. The minimum atomic E-state index is -1.01. The number of hydrogen-bond donors (Lipinski definition) is 3. The second-order valence-electron chi connectivity index (χ2n) is 20.7. The molecule has 13 nitrogen and oxygen atoms in total. The van der Waals surface area contributed by atoms with Crippen molar-refractivity contribution in [2.45, 2.75) is 105 Å². The molecule has 4 aromatic carbocycles. The molecule has 72 heavy (non-hydrogen) atoms. The highest BCUT2D eigenvalue weighted by atomic mass is 35.5. The lowest BCUT2D eigenvalue weighted by Crippen LogP contribution is -2.74. The summed E-state index contributed by atoms with van der Waals surface area (Å²) in [5.41, 5.74) is 2.89. The fraction of sp³-hybridized carbons (Fsp3) is 0.418. The van der Waals surface area contributed by atoms with Crippen molar-refractivity contribution in [3.8, 4) is 39.1 Å². The lowest BCUT2D eigenvalue weighted by molar-refractivity contribution is -0.164. The van der Waals surface area contributed by atoms with Gasteiger partial charge in [-0.15, -0.1) is 11.3 Å². The zero-order valence-electron chi connectivity index (χ0n) is 41.6. The van der Waals surface area contributed by atoms with Crippen molar-refractivity contribution < 1.29 is 47.3 Å². The third-order valence-corrected chi connectivity index (χ3v) is 14.9. The number of amides is 3. The van der Waals surface area contributed by atoms with Gasteiger partial charge < -0.3 is 34.9 Å². The van der Waals surface area contributed by atoms with E-state index in [-0.39, 0.29) is 72.8 Å². The first-order valence-electron chi connectivity index (χ1n) is 23.8. The Bertz CT molecular complexity index is 2820. The van der Waals surface area contributed by atoms with Crippen LogP contribution in [0, 0.1) is 46.1 Å². The largest absolute Gasteiger partial charge is 0.491 e. The molecule has 17 heteroatoms. The third kappa shape index (κ3) is 11.8. The molecular formula is C55H60ClF2N5O8S. The molecule has 3 atom stereocenters. The highest BCUT2D eigenvalue weighted by Crippen LogP contribution is 2.55. The van der Waals surface area contributed by atoms with Gasteiger partial charge >= 0.3 is 0 Å². The smallest absolute Gasteiger partial charge is 0.251 e. The Morgan fingerprint density at radius 1 is 0.944 bits per heavy atom. The van der Waals surface area contributed by atoms with Crippen molar-refractivity contribution in [2.24, 2.45) is 16.2 Å². The van der Waals surface area contributed by atoms with Crippen molar-refractivity contribution in [3.05, 3.63) is 123 Å². The first-order valence-corrected chi connectivity index (χ1v) is 25.0. The first kappa shape index (κ1) is 53.5. The number of nitrogens with zero attached hydrogens (tertiary/aromatic N) is 3. The van der Waals surface area contributed by atoms with Gasteiger partial charge in [-0.1, -0.05) is 96.5 Å². The van der Waals surface area contributed by atoms with E-state index in [4.69, 9.17) is 25.8 Å². The number of β-amino-alcohol motifs (C(OH)–C–C–N with tert-alkyl or cyclic N) is 1. The second-order valence-corrected chi connectivity index (χ2v) is 22.0. The van der Waals surface area contributed by atoms with Crippen LogP contribution in [0.3, 0.4) is 0 Å². The standard InChI is InChI=1S/C55H60ClF2N5O8S/c1-31-47(72-30-60-31)34-12-9-32(10-13-34)11-20-44(65)43-25-37(64)28-63(43)50(68)48(53(2,3)4)61-45(66)29-69-21-22-70-38-17-14-33(15-18-38)46-41(57)23-36(24-42(46)58)49(67)62-51-54(5,6)52(55(51,7)8)71-39-19-16-35(27-59)40(56)26-39/h9-10,12-19,23-24,26,30,37,43,48,51-52,64H,11,20-22,25,28-29H2,1-8H3,(H,61,66)(H,62,67)/t37-,43+,48-,51?,52?/m1/s1. The number of aliphatic hydroxyl groups is 1. The van der Waals surface area contributed by atoms with Crippen molar-refractivity contribution in [1.82, 2.24) is 20.5 Å². The number of aromatic nitrogens is 1. The maximum absolute atomic E-state index is 15.6. The van der Waals surface area contributed by atoms with Crippen molar-refractivity contribution >= 4 is 46.4 Å². The fourth-order valence-corrected chi connectivity index (χ4v) is 11.1. The Labute approximate surface area is 427 Å². The number of carbonyl (C=O) groups excluding carboxylic acids is 4. The number of ketones is 1. The lowest BCUT2D eigenvalue weighted by Gasteiger charge is -2.63. The van der Waals surface area contributed by atoms with Crippen molar-refractivity contribution in [3.63, 3.8) is 0 Å². The molecule has 1 aliphatic carbocycles. The number of carbonyl (C=O) groups is 4. The van der Waals surface area contributed by atoms with E-state index in [1.165, 1.54) is 29.2 Å². The van der Waals surface area contributed by atoms with Gasteiger partial charge in [0.05, 0.1) is 51.0 Å². The van der Waals surface area contributed by atoms with Crippen LogP contribution >= 0.6 is 22.9 Å². The van der Waals surface area contributed by atoms with Crippen LogP contribution < -0.4 is 20.1 Å². The number of rotatable bonds is 18. The number of benzene rings is 4. The average Bonchev–Trinajstić information content (AvgIpc) is 3.95. The minimum Gasteiger partial charge on any atom is -0.491 e. The summed E-state index contributed by atoms with van der Waals surface area (Å²) >= 11 is 7.78. The molecule has 1 aliphatic heterocycles. The van der Waals surface area contributed by atoms with Gasteiger partial charge in [0.25, 0.3) is 5.91 Å². The van der Waals surface area contributed by atoms with Crippen molar-refractivity contribution in [1.29, 1.82) is 5.26 Å². The van der Waals surface area contributed by atoms with Crippen LogP contribution in [-0.2, 0) is 25.5 Å². The Balaban J connectivity index is 0.866. The number of thiazole rings is 1. The van der Waals surface area contributed by atoms with Gasteiger partial charge in [-0.05, 0) is 71.8 Å². The summed E-state index contributed by atoms with van der Waals surface area (Å²) in [4.78, 5) is 61.0. The molecule has 1 saturated heterocycles. The van der Waals surface area contributed by atoms with Crippen LogP contribution in [0.4, 0.5) is 8.78 Å². The second kappa shape index (κ2) is 21.8. The summed E-state index contributed by atoms with van der Waals surface area (Å²) in [5, 5.41) is 25.8. The molecule has 2 aliphatic rings. The number of likely N-dealkylation sites (tertiary alicyclic amines) is 1. The molecule has 3 N–H and O–H groups in total. The predicted molar refractivity (Wildman–Crippen MR) is 271 cm³/mol. The van der Waals surface area contributed by atoms with Crippen LogP contribution in [-0.4, -0.2) is 95.2 Å². The minimum absolute atomic E-state index is 0.00646. The van der Waals surface area contributed by atoms with E-state index in [2.05, 4.69) is 15.6 Å². The maximum atomic E-state index is 15.6. The molecule has 7 rings (SSSR count). The summed E-state index contributed by atoms with van der Waals surface area (Å²) in [6.07, 6.45) is -0.486. The zero-order chi connectivity index (χ0) is 52.3. The third-order valence-electron chi connectivity index (χ3n) is 13.6. The molecule has 0 radical (unpaired) electrons. The number of hydrogen-bond acceptors (Lipinski definition) is 11. The fourth-order valence-electron chi connectivity index (χ4n) is 10.1. The first-order chi connectivity index (χ1) is 34.0. The Morgan fingerprint density at radius 3 is 2.18 bits per heavy atom. The summed E-state index contributed by atoms with van der Waals surface area (Å²) in [6.45, 7) is 14.7. The summed E-state index contributed by atoms with van der Waals surface area (Å²) in [5.74, 6) is -2.84. The molecule has 0 spiro atoms. The van der Waals surface area contributed by atoms with Gasteiger partial charge in [-0.25, -0.2) is 13.8 Å². The van der Waals surface area contributed by atoms with E-state index < -0.39 is 69.8 Å². The molecule has 3 amide bonds. The molecule has 1 aromatic heterocycles. The Kier molecular flexibility index (Phi) is 16.2. The quantitative estimate of drug-likeness (QED) is 0.0716. The number of aryl methyl sites for hydroxylation is 2. The molecule has 2 heterocycles. The van der Waals surface area contributed by atoms with E-state index in [0.717, 1.165) is 33.8 Å². The molecular weight excluding hydrogens is 964 g/mol. The van der Waals surface area contributed by atoms with Crippen LogP contribution in [0.5, 0.6) is 11.5 Å². The zero-order valence-corrected chi connectivity index (χ0v) is 43.2. The SMILES string of the molecule is Cc1ncsc1-c1ccc(CCC(=O)[C@@H]2C[C@@H](O)CN2C(=O)[C@@H](NC(=O)COCCOc2ccc(-c3c(F)cc(C(=O)NC4C(C)(C)C(Oc5ccc(C#N)c(Cl)c5)C4(C)C)cc3F)cc2)C(C)(C)C)cc1. The normalized spacial score (nSPS) is 19.4. The lowest BCUT2D eigenvalue weighted by atomic mass is 9.49. The highest BCUT2D eigenvalue weighted by molar-refractivity contribution is 7.13. The van der Waals surface area contributed by atoms with E-state index in [1.54, 1.807) is 55.8 Å². The molecule has 1 saturated carbocycles. The summed E-state index contributed by atoms with van der Waals surface area (Å²) < 4.78 is 48.8. The predicted octanol–water partition coefficient (Wildman–Crippen LogP) is 9.29. The monoisotopic (exact) mass is 1020 g/mol. The summed E-state index contributed by atoms with van der Waals surface area (Å²) in [7, 11) is 0. The Hall–Kier alpha value is -6.25. The average molecular weight is 1020 g/mol. The highest BCUT2D eigenvalue weighted by Gasteiger charge is 2.64. The Morgan fingerprint density at radius 2 is 1.58 bits per heavy atom. The van der Waals surface area contributed by atoms with E-state index in [9.17, 15) is 29.5 Å². The van der Waals surface area contributed by atoms with Crippen LogP contribution in [0.2, 0.25) is 5.02 Å². The number of aliphatic hydroxyl groups excluding tert-OH is 1. The van der Waals surface area contributed by atoms with Gasteiger partial charge in [0, 0.05) is 47.9 Å². The number of halogens is 3. The number of ether oxygens (including phenoxy) is 3. The van der Waals surface area contributed by atoms with Crippen LogP contribution in [0.15, 0.2) is 84.4 Å². The van der Waals surface area contributed by atoms with E-state index in [0.29, 0.717) is 23.5 Å². The molecule has 5 aromatic rings. The number of nitriles is 1. The van der Waals surface area contributed by atoms with Crippen molar-refractivity contribution in [2.75, 3.05) is 26.4 Å². The molecule has 2 fully saturated rings. The molecule has 380 valence electrons. The van der Waals surface area contributed by atoms with E-state index >= 15 is 8.78 Å².